The van der Waals surface area contributed by atoms with Gasteiger partial charge in [-0.15, -0.1) is 0 Å². The highest BCUT2D eigenvalue weighted by molar-refractivity contribution is 5.96. The summed E-state index contributed by atoms with van der Waals surface area (Å²) in [5.41, 5.74) is 3.32. The van der Waals surface area contributed by atoms with Crippen molar-refractivity contribution in [3.63, 3.8) is 0 Å². The van der Waals surface area contributed by atoms with Crippen LogP contribution in [0.15, 0.2) is 42.5 Å². The lowest BCUT2D eigenvalue weighted by atomic mass is 10.1. The summed E-state index contributed by atoms with van der Waals surface area (Å²) in [5.74, 6) is -0.753. The van der Waals surface area contributed by atoms with E-state index in [0.29, 0.717) is 0 Å². The molecular formula is C24H31NO4. The molecule has 1 heterocycles. The van der Waals surface area contributed by atoms with Gasteiger partial charge in [-0.1, -0.05) is 37.3 Å². The molecule has 2 rings (SSSR count). The quantitative estimate of drug-likeness (QED) is 0.361. The Labute approximate surface area is 172 Å². The average Bonchev–Trinajstić information content (AvgIpc) is 3.00. The largest absolute Gasteiger partial charge is 0.469 e. The van der Waals surface area contributed by atoms with Gasteiger partial charge in [0.2, 0.25) is 0 Å². The first-order chi connectivity index (χ1) is 13.9. The molecule has 2 aromatic rings. The Hall–Kier alpha value is -2.66. The van der Waals surface area contributed by atoms with E-state index in [0.717, 1.165) is 24.1 Å². The van der Waals surface area contributed by atoms with E-state index in [1.54, 1.807) is 0 Å². The summed E-state index contributed by atoms with van der Waals surface area (Å²) in [7, 11) is 1.26. The molecule has 1 aromatic heterocycles. The molecule has 5 heteroatoms. The molecule has 29 heavy (non-hydrogen) atoms. The van der Waals surface area contributed by atoms with Crippen LogP contribution in [0, 0.1) is 0 Å². The van der Waals surface area contributed by atoms with E-state index in [1.807, 2.05) is 18.2 Å². The van der Waals surface area contributed by atoms with Gasteiger partial charge in [-0.25, -0.2) is 0 Å². The number of ether oxygens (including phenoxy) is 1. The number of aliphatic hydroxyl groups is 1. The number of aliphatic hydroxyl groups excluding tert-OH is 1. The highest BCUT2D eigenvalue weighted by Crippen LogP contribution is 2.31. The van der Waals surface area contributed by atoms with E-state index in [4.69, 9.17) is 0 Å². The number of esters is 1. The standard InChI is InChI=1S/C24H31NO4/c1-5-6-7-10-21-20-11-8-9-12-22(20)25(17(2)3)23(21)14-13-18(26)15-19(27)16-24(28)29-4/h6-9,11-14,17,19,27H,5,10,15-16H2,1-4H3/b7-6-,14-13+. The van der Waals surface area contributed by atoms with Gasteiger partial charge in [0.05, 0.1) is 19.6 Å². The third-order valence-corrected chi connectivity index (χ3v) is 4.79. The van der Waals surface area contributed by atoms with Gasteiger partial charge in [-0.2, -0.15) is 0 Å². The van der Waals surface area contributed by atoms with Gasteiger partial charge < -0.3 is 14.4 Å². The fourth-order valence-electron chi connectivity index (χ4n) is 3.49. The lowest BCUT2D eigenvalue weighted by Crippen LogP contribution is -2.17. The molecule has 0 radical (unpaired) electrons. The number of hydrogen-bond acceptors (Lipinski definition) is 4. The van der Waals surface area contributed by atoms with Crippen LogP contribution in [0.3, 0.4) is 0 Å². The number of carbonyl (C=O) groups is 2. The van der Waals surface area contributed by atoms with Crippen molar-refractivity contribution in [3.05, 3.63) is 53.8 Å². The number of benzene rings is 1. The van der Waals surface area contributed by atoms with Crippen molar-refractivity contribution >= 4 is 28.7 Å². The van der Waals surface area contributed by atoms with Crippen molar-refractivity contribution in [2.75, 3.05) is 7.11 Å². The average molecular weight is 398 g/mol. The minimum Gasteiger partial charge on any atom is -0.469 e. The van der Waals surface area contributed by atoms with Gasteiger partial charge in [0.25, 0.3) is 0 Å². The van der Waals surface area contributed by atoms with E-state index in [1.165, 1.54) is 24.1 Å². The number of hydrogen-bond donors (Lipinski definition) is 1. The van der Waals surface area contributed by atoms with Crippen molar-refractivity contribution in [2.45, 2.75) is 58.6 Å². The van der Waals surface area contributed by atoms with Gasteiger partial charge in [-0.05, 0) is 50.5 Å². The summed E-state index contributed by atoms with van der Waals surface area (Å²) in [6.07, 6.45) is 8.06. The number of carbonyl (C=O) groups excluding carboxylic acids is 2. The zero-order valence-electron chi connectivity index (χ0n) is 17.7. The highest BCUT2D eigenvalue weighted by Gasteiger charge is 2.17. The number of ketones is 1. The second-order valence-electron chi connectivity index (χ2n) is 7.37. The zero-order chi connectivity index (χ0) is 21.4. The Kier molecular flexibility index (Phi) is 8.40. The van der Waals surface area contributed by atoms with Crippen molar-refractivity contribution in [2.24, 2.45) is 0 Å². The molecular weight excluding hydrogens is 366 g/mol. The molecule has 0 fully saturated rings. The van der Waals surface area contributed by atoms with Gasteiger partial charge in [0.1, 0.15) is 0 Å². The molecule has 0 amide bonds. The fourth-order valence-corrected chi connectivity index (χ4v) is 3.49. The van der Waals surface area contributed by atoms with Gasteiger partial charge in [-0.3, -0.25) is 9.59 Å². The van der Waals surface area contributed by atoms with Gasteiger partial charge >= 0.3 is 5.97 Å². The molecule has 0 spiro atoms. The number of aromatic nitrogens is 1. The second-order valence-corrected chi connectivity index (χ2v) is 7.37. The Balaban J connectivity index is 2.36. The van der Waals surface area contributed by atoms with E-state index in [9.17, 15) is 14.7 Å². The predicted molar refractivity (Wildman–Crippen MR) is 117 cm³/mol. The SMILES string of the molecule is CC/C=C\Cc1c(/C=C/C(=O)CC(O)CC(=O)OC)n(C(C)C)c2ccccc12. The van der Waals surface area contributed by atoms with Crippen molar-refractivity contribution in [1.29, 1.82) is 0 Å². The highest BCUT2D eigenvalue weighted by atomic mass is 16.5. The van der Waals surface area contributed by atoms with Crippen LogP contribution in [0.1, 0.15) is 57.3 Å². The molecule has 1 unspecified atom stereocenters. The Morgan fingerprint density at radius 1 is 1.17 bits per heavy atom. The number of fused-ring (bicyclic) bond motifs is 1. The lowest BCUT2D eigenvalue weighted by molar-refractivity contribution is -0.143. The fraction of sp³-hybridized carbons (Fsp3) is 0.417. The number of methoxy groups -OCH3 is 1. The van der Waals surface area contributed by atoms with Crippen LogP contribution in [-0.2, 0) is 20.7 Å². The molecule has 0 bridgehead atoms. The van der Waals surface area contributed by atoms with Crippen LogP contribution >= 0.6 is 0 Å². The molecule has 1 atom stereocenters. The molecule has 0 aliphatic rings. The van der Waals surface area contributed by atoms with Crippen molar-refractivity contribution in [3.8, 4) is 0 Å². The van der Waals surface area contributed by atoms with Crippen molar-refractivity contribution < 1.29 is 19.4 Å². The summed E-state index contributed by atoms with van der Waals surface area (Å²) in [4.78, 5) is 23.6. The lowest BCUT2D eigenvalue weighted by Gasteiger charge is -2.13. The summed E-state index contributed by atoms with van der Waals surface area (Å²) < 4.78 is 6.77. The number of nitrogens with zero attached hydrogens (tertiary/aromatic N) is 1. The van der Waals surface area contributed by atoms with E-state index in [2.05, 4.69) is 54.4 Å². The van der Waals surface area contributed by atoms with E-state index in [-0.39, 0.29) is 24.7 Å². The maximum atomic E-state index is 12.3. The molecule has 1 aromatic carbocycles. The number of para-hydroxylation sites is 1. The molecule has 0 aliphatic heterocycles. The van der Waals surface area contributed by atoms with Gasteiger partial charge in [0, 0.05) is 29.1 Å². The molecule has 0 saturated carbocycles. The summed E-state index contributed by atoms with van der Waals surface area (Å²) in [6.45, 7) is 6.35. The minimum atomic E-state index is -1.04. The molecule has 156 valence electrons. The number of allylic oxidation sites excluding steroid dienone is 3. The first kappa shape index (κ1) is 22.6. The first-order valence-electron chi connectivity index (χ1n) is 10.1. The predicted octanol–water partition coefficient (Wildman–Crippen LogP) is 4.63. The topological polar surface area (TPSA) is 68.5 Å². The summed E-state index contributed by atoms with van der Waals surface area (Å²) >= 11 is 0. The molecule has 0 saturated heterocycles. The normalized spacial score (nSPS) is 13.0. The summed E-state index contributed by atoms with van der Waals surface area (Å²) in [6, 6.07) is 8.49. The monoisotopic (exact) mass is 397 g/mol. The van der Waals surface area contributed by atoms with Gasteiger partial charge in [0.15, 0.2) is 5.78 Å². The smallest absolute Gasteiger partial charge is 0.308 e. The van der Waals surface area contributed by atoms with E-state index < -0.39 is 12.1 Å². The van der Waals surface area contributed by atoms with E-state index >= 15 is 0 Å². The van der Waals surface area contributed by atoms with Crippen molar-refractivity contribution in [1.82, 2.24) is 4.57 Å². The summed E-state index contributed by atoms with van der Waals surface area (Å²) in [5, 5.41) is 11.1. The van der Waals surface area contributed by atoms with Crippen LogP contribution in [-0.4, -0.2) is 34.6 Å². The molecule has 5 nitrogen and oxygen atoms in total. The maximum Gasteiger partial charge on any atom is 0.308 e. The van der Waals surface area contributed by atoms with Crippen LogP contribution in [0.2, 0.25) is 0 Å². The Morgan fingerprint density at radius 3 is 2.55 bits per heavy atom. The third-order valence-electron chi connectivity index (χ3n) is 4.79. The van der Waals surface area contributed by atoms with Crippen LogP contribution in [0.5, 0.6) is 0 Å². The molecule has 0 aliphatic carbocycles. The molecule has 1 N–H and O–H groups in total. The minimum absolute atomic E-state index is 0.113. The Bertz CT molecular complexity index is 905. The zero-order valence-corrected chi connectivity index (χ0v) is 17.7. The maximum absolute atomic E-state index is 12.3. The third kappa shape index (κ3) is 5.91. The van der Waals surface area contributed by atoms with Crippen LogP contribution in [0.4, 0.5) is 0 Å². The van der Waals surface area contributed by atoms with Crippen LogP contribution in [0.25, 0.3) is 17.0 Å². The van der Waals surface area contributed by atoms with Crippen LogP contribution < -0.4 is 0 Å². The number of rotatable bonds is 10. The second kappa shape index (κ2) is 10.8. The first-order valence-corrected chi connectivity index (χ1v) is 10.1. The Morgan fingerprint density at radius 2 is 1.90 bits per heavy atom.